The third kappa shape index (κ3) is 3.85. The second-order valence-corrected chi connectivity index (χ2v) is 4.01. The highest BCUT2D eigenvalue weighted by molar-refractivity contribution is 6.18. The molecule has 1 heterocycles. The first-order valence-corrected chi connectivity index (χ1v) is 6.01. The van der Waals surface area contributed by atoms with Crippen molar-refractivity contribution in [3.63, 3.8) is 0 Å². The summed E-state index contributed by atoms with van der Waals surface area (Å²) in [5.74, 6) is 1.83. The number of ether oxygens (including phenoxy) is 1. The van der Waals surface area contributed by atoms with Gasteiger partial charge >= 0.3 is 0 Å². The lowest BCUT2D eigenvalue weighted by molar-refractivity contribution is 0.232. The van der Waals surface area contributed by atoms with Gasteiger partial charge in [-0.25, -0.2) is 4.98 Å². The van der Waals surface area contributed by atoms with Gasteiger partial charge in [-0.15, -0.1) is 11.6 Å². The average Bonchev–Trinajstić information content (AvgIpc) is 2.25. The zero-order valence-electron chi connectivity index (χ0n) is 9.98. The molecule has 0 amide bonds. The number of hydrogen-bond donors (Lipinski definition) is 0. The van der Waals surface area contributed by atoms with Crippen LogP contribution in [0.15, 0.2) is 12.3 Å². The molecule has 0 atom stereocenters. The van der Waals surface area contributed by atoms with Gasteiger partial charge in [0.05, 0.1) is 6.10 Å². The highest BCUT2D eigenvalue weighted by atomic mass is 35.5. The molecule has 5 heteroatoms. The van der Waals surface area contributed by atoms with E-state index in [-0.39, 0.29) is 6.10 Å². The zero-order chi connectivity index (χ0) is 12.0. The molecule has 0 bridgehead atoms. The highest BCUT2D eigenvalue weighted by Crippen LogP contribution is 2.13. The number of alkyl halides is 1. The van der Waals surface area contributed by atoms with Crippen LogP contribution >= 0.6 is 11.6 Å². The van der Waals surface area contributed by atoms with Crippen LogP contribution in [0.1, 0.15) is 20.8 Å². The van der Waals surface area contributed by atoms with Gasteiger partial charge in [0, 0.05) is 31.2 Å². The van der Waals surface area contributed by atoms with Crippen molar-refractivity contribution in [1.82, 2.24) is 9.97 Å². The fourth-order valence-electron chi connectivity index (χ4n) is 1.29. The van der Waals surface area contributed by atoms with Gasteiger partial charge in [0.25, 0.3) is 0 Å². The maximum Gasteiger partial charge on any atom is 0.228 e. The molecule has 0 unspecified atom stereocenters. The van der Waals surface area contributed by atoms with Crippen molar-refractivity contribution in [2.75, 3.05) is 23.9 Å². The maximum absolute atomic E-state index is 5.72. The lowest BCUT2D eigenvalue weighted by atomic mass is 10.5. The summed E-state index contributed by atoms with van der Waals surface area (Å²) in [5.41, 5.74) is 0. The van der Waals surface area contributed by atoms with E-state index in [4.69, 9.17) is 16.3 Å². The Morgan fingerprint density at radius 2 is 2.25 bits per heavy atom. The van der Waals surface area contributed by atoms with Gasteiger partial charge in [-0.05, 0) is 20.8 Å². The first-order chi connectivity index (χ1) is 7.67. The van der Waals surface area contributed by atoms with E-state index in [0.717, 1.165) is 13.1 Å². The van der Waals surface area contributed by atoms with Crippen LogP contribution in [0.3, 0.4) is 0 Å². The molecule has 0 spiro atoms. The normalized spacial score (nSPS) is 10.6. The molecule has 0 saturated carbocycles. The van der Waals surface area contributed by atoms with E-state index in [2.05, 4.69) is 9.97 Å². The topological polar surface area (TPSA) is 38.2 Å². The Labute approximate surface area is 102 Å². The van der Waals surface area contributed by atoms with Crippen molar-refractivity contribution in [3.8, 4) is 5.88 Å². The van der Waals surface area contributed by atoms with E-state index in [1.807, 2.05) is 25.7 Å². The van der Waals surface area contributed by atoms with Crippen LogP contribution in [0.5, 0.6) is 5.88 Å². The summed E-state index contributed by atoms with van der Waals surface area (Å²) in [7, 11) is 0. The number of rotatable bonds is 6. The van der Waals surface area contributed by atoms with E-state index in [1.165, 1.54) is 0 Å². The van der Waals surface area contributed by atoms with Gasteiger partial charge in [0.15, 0.2) is 0 Å². The quantitative estimate of drug-likeness (QED) is 0.719. The van der Waals surface area contributed by atoms with E-state index in [9.17, 15) is 0 Å². The van der Waals surface area contributed by atoms with Crippen molar-refractivity contribution in [2.24, 2.45) is 0 Å². The standard InChI is InChI=1S/C11H18ClN3O/c1-4-15(8-6-12)11-13-7-5-10(14-11)16-9(2)3/h5,7,9H,4,6,8H2,1-3H3. The molecule has 4 nitrogen and oxygen atoms in total. The number of aromatic nitrogens is 2. The predicted octanol–water partition coefficient (Wildman–Crippen LogP) is 2.33. The maximum atomic E-state index is 5.72. The number of anilines is 1. The van der Waals surface area contributed by atoms with E-state index in [1.54, 1.807) is 12.3 Å². The van der Waals surface area contributed by atoms with Crippen LogP contribution in [-0.2, 0) is 0 Å². The van der Waals surface area contributed by atoms with Crippen molar-refractivity contribution in [2.45, 2.75) is 26.9 Å². The van der Waals surface area contributed by atoms with E-state index in [0.29, 0.717) is 17.7 Å². The van der Waals surface area contributed by atoms with Gasteiger partial charge in [0.1, 0.15) is 0 Å². The van der Waals surface area contributed by atoms with Crippen LogP contribution in [0.4, 0.5) is 5.95 Å². The molecular formula is C11H18ClN3O. The van der Waals surface area contributed by atoms with Crippen molar-refractivity contribution in [3.05, 3.63) is 12.3 Å². The Morgan fingerprint density at radius 3 is 2.81 bits per heavy atom. The molecule has 0 aliphatic carbocycles. The Hall–Kier alpha value is -1.03. The molecular weight excluding hydrogens is 226 g/mol. The molecule has 0 saturated heterocycles. The molecule has 0 N–H and O–H groups in total. The summed E-state index contributed by atoms with van der Waals surface area (Å²) in [6, 6.07) is 1.76. The molecule has 1 rings (SSSR count). The predicted molar refractivity (Wildman–Crippen MR) is 66.4 cm³/mol. The average molecular weight is 244 g/mol. The largest absolute Gasteiger partial charge is 0.475 e. The summed E-state index contributed by atoms with van der Waals surface area (Å²) in [4.78, 5) is 10.6. The monoisotopic (exact) mass is 243 g/mol. The van der Waals surface area contributed by atoms with Crippen LogP contribution in [0, 0.1) is 0 Å². The minimum atomic E-state index is 0.117. The lowest BCUT2D eigenvalue weighted by Gasteiger charge is -2.19. The summed E-state index contributed by atoms with van der Waals surface area (Å²) in [5, 5.41) is 0. The smallest absolute Gasteiger partial charge is 0.228 e. The SMILES string of the molecule is CCN(CCCl)c1nccc(OC(C)C)n1. The van der Waals surface area contributed by atoms with Crippen molar-refractivity contribution >= 4 is 17.5 Å². The molecule has 0 aliphatic rings. The number of halogens is 1. The first-order valence-electron chi connectivity index (χ1n) is 5.48. The van der Waals surface area contributed by atoms with Gasteiger partial charge in [-0.2, -0.15) is 4.98 Å². The zero-order valence-corrected chi connectivity index (χ0v) is 10.7. The fourth-order valence-corrected chi connectivity index (χ4v) is 1.50. The summed E-state index contributed by atoms with van der Waals surface area (Å²) >= 11 is 5.72. The second-order valence-electron chi connectivity index (χ2n) is 3.63. The van der Waals surface area contributed by atoms with Crippen molar-refractivity contribution in [1.29, 1.82) is 0 Å². The molecule has 90 valence electrons. The molecule has 0 aliphatic heterocycles. The summed E-state index contributed by atoms with van der Waals surface area (Å²) in [6.07, 6.45) is 1.82. The van der Waals surface area contributed by atoms with Gasteiger partial charge in [-0.3, -0.25) is 0 Å². The van der Waals surface area contributed by atoms with Crippen LogP contribution in [0.25, 0.3) is 0 Å². The number of hydrogen-bond acceptors (Lipinski definition) is 4. The minimum Gasteiger partial charge on any atom is -0.475 e. The Bertz CT molecular complexity index is 320. The highest BCUT2D eigenvalue weighted by Gasteiger charge is 2.08. The van der Waals surface area contributed by atoms with Crippen LogP contribution in [-0.4, -0.2) is 35.0 Å². The van der Waals surface area contributed by atoms with Gasteiger partial charge < -0.3 is 9.64 Å². The molecule has 0 fully saturated rings. The Balaban J connectivity index is 2.79. The van der Waals surface area contributed by atoms with E-state index < -0.39 is 0 Å². The van der Waals surface area contributed by atoms with Crippen molar-refractivity contribution < 1.29 is 4.74 Å². The Kier molecular flexibility index (Phi) is 5.32. The lowest BCUT2D eigenvalue weighted by Crippen LogP contribution is -2.27. The van der Waals surface area contributed by atoms with Gasteiger partial charge in [0.2, 0.25) is 11.8 Å². The summed E-state index contributed by atoms with van der Waals surface area (Å²) < 4.78 is 5.52. The summed E-state index contributed by atoms with van der Waals surface area (Å²) in [6.45, 7) is 7.56. The Morgan fingerprint density at radius 1 is 1.50 bits per heavy atom. The third-order valence-electron chi connectivity index (χ3n) is 1.99. The molecule has 1 aromatic heterocycles. The first kappa shape index (κ1) is 13.0. The second kappa shape index (κ2) is 6.53. The van der Waals surface area contributed by atoms with Crippen LogP contribution < -0.4 is 9.64 Å². The van der Waals surface area contributed by atoms with Crippen LogP contribution in [0.2, 0.25) is 0 Å². The molecule has 0 aromatic carbocycles. The molecule has 1 aromatic rings. The third-order valence-corrected chi connectivity index (χ3v) is 2.16. The van der Waals surface area contributed by atoms with Gasteiger partial charge in [-0.1, -0.05) is 0 Å². The number of nitrogens with zero attached hydrogens (tertiary/aromatic N) is 3. The fraction of sp³-hybridized carbons (Fsp3) is 0.636. The van der Waals surface area contributed by atoms with E-state index >= 15 is 0 Å². The minimum absolute atomic E-state index is 0.117. The molecule has 16 heavy (non-hydrogen) atoms. The molecule has 0 radical (unpaired) electrons.